The molecule has 5 heteroatoms. The van der Waals surface area contributed by atoms with Crippen molar-refractivity contribution in [2.24, 2.45) is 11.7 Å². The van der Waals surface area contributed by atoms with E-state index in [1.165, 1.54) is 18.0 Å². The first-order chi connectivity index (χ1) is 7.95. The number of nitrogens with two attached hydrogens (primary N) is 1. The Kier molecular flexibility index (Phi) is 4.57. The summed E-state index contributed by atoms with van der Waals surface area (Å²) in [6, 6.07) is 3.37. The van der Waals surface area contributed by atoms with Gasteiger partial charge in [-0.1, -0.05) is 6.92 Å². The Morgan fingerprint density at radius 2 is 2.06 bits per heavy atom. The summed E-state index contributed by atoms with van der Waals surface area (Å²) in [5.74, 6) is -2.00. The molecule has 0 bridgehead atoms. The van der Waals surface area contributed by atoms with Crippen LogP contribution in [0.2, 0.25) is 0 Å². The van der Waals surface area contributed by atoms with Gasteiger partial charge in [0.25, 0.3) is 0 Å². The van der Waals surface area contributed by atoms with E-state index in [0.717, 1.165) is 12.1 Å². The van der Waals surface area contributed by atoms with Crippen LogP contribution in [0, 0.1) is 17.6 Å². The maximum Gasteiger partial charge on any atom is 0.227 e. The average Bonchev–Trinajstić information content (AvgIpc) is 2.31. The monoisotopic (exact) mass is 242 g/mol. The maximum absolute atomic E-state index is 13.0. The van der Waals surface area contributed by atoms with Crippen LogP contribution in [0.25, 0.3) is 0 Å². The van der Waals surface area contributed by atoms with E-state index in [-0.39, 0.29) is 18.2 Å². The predicted octanol–water partition coefficient (Wildman–Crippen LogP) is 1.91. The summed E-state index contributed by atoms with van der Waals surface area (Å²) in [5.41, 5.74) is 5.75. The quantitative estimate of drug-likeness (QED) is 0.876. The molecule has 0 saturated heterocycles. The topological polar surface area (TPSA) is 46.3 Å². The highest BCUT2D eigenvalue weighted by atomic mass is 19.2. The van der Waals surface area contributed by atoms with Gasteiger partial charge in [0.15, 0.2) is 11.6 Å². The third kappa shape index (κ3) is 3.49. The molecule has 1 atom stereocenters. The smallest absolute Gasteiger partial charge is 0.227 e. The summed E-state index contributed by atoms with van der Waals surface area (Å²) in [4.78, 5) is 13.1. The van der Waals surface area contributed by atoms with Gasteiger partial charge in [-0.3, -0.25) is 4.79 Å². The molecule has 0 radical (unpaired) electrons. The minimum absolute atomic E-state index is 0.0650. The summed E-state index contributed by atoms with van der Waals surface area (Å²) in [6.07, 6.45) is 0.284. The zero-order valence-electron chi connectivity index (χ0n) is 9.91. The van der Waals surface area contributed by atoms with E-state index in [0.29, 0.717) is 12.2 Å². The highest BCUT2D eigenvalue weighted by Gasteiger charge is 2.15. The zero-order chi connectivity index (χ0) is 13.0. The molecule has 2 N–H and O–H groups in total. The Hall–Kier alpha value is -1.49. The van der Waals surface area contributed by atoms with Crippen molar-refractivity contribution in [1.82, 2.24) is 0 Å². The summed E-state index contributed by atoms with van der Waals surface area (Å²) in [7, 11) is 1.53. The van der Waals surface area contributed by atoms with E-state index in [4.69, 9.17) is 5.73 Å². The molecule has 17 heavy (non-hydrogen) atoms. The van der Waals surface area contributed by atoms with Crippen LogP contribution in [0.5, 0.6) is 0 Å². The van der Waals surface area contributed by atoms with Gasteiger partial charge in [0.2, 0.25) is 5.91 Å². The van der Waals surface area contributed by atoms with Crippen LogP contribution in [0.4, 0.5) is 14.5 Å². The van der Waals surface area contributed by atoms with Gasteiger partial charge in [-0.15, -0.1) is 0 Å². The Morgan fingerprint density at radius 1 is 1.41 bits per heavy atom. The van der Waals surface area contributed by atoms with Gasteiger partial charge in [-0.05, 0) is 24.6 Å². The lowest BCUT2D eigenvalue weighted by Crippen LogP contribution is -2.29. The molecule has 1 amide bonds. The third-order valence-electron chi connectivity index (χ3n) is 2.59. The maximum atomic E-state index is 13.0. The molecule has 0 heterocycles. The molecule has 3 nitrogen and oxygen atoms in total. The van der Waals surface area contributed by atoms with Gasteiger partial charge >= 0.3 is 0 Å². The van der Waals surface area contributed by atoms with Crippen molar-refractivity contribution >= 4 is 11.6 Å². The van der Waals surface area contributed by atoms with E-state index in [9.17, 15) is 13.6 Å². The largest absolute Gasteiger partial charge is 0.330 e. The molecular formula is C12H16F2N2O. The van der Waals surface area contributed by atoms with Gasteiger partial charge in [-0.2, -0.15) is 0 Å². The Labute approximate surface area is 99.2 Å². The number of amides is 1. The van der Waals surface area contributed by atoms with Gasteiger partial charge in [-0.25, -0.2) is 8.78 Å². The first-order valence-corrected chi connectivity index (χ1v) is 5.37. The van der Waals surface area contributed by atoms with E-state index >= 15 is 0 Å². The number of halogens is 2. The molecular weight excluding hydrogens is 226 g/mol. The number of hydrogen-bond acceptors (Lipinski definition) is 2. The highest BCUT2D eigenvalue weighted by molar-refractivity contribution is 5.92. The van der Waals surface area contributed by atoms with Crippen LogP contribution < -0.4 is 10.6 Å². The molecule has 94 valence electrons. The summed E-state index contributed by atoms with van der Waals surface area (Å²) in [5, 5.41) is 0. The second-order valence-electron chi connectivity index (χ2n) is 4.10. The van der Waals surface area contributed by atoms with Crippen LogP contribution in [0.1, 0.15) is 13.3 Å². The van der Waals surface area contributed by atoms with E-state index in [2.05, 4.69) is 0 Å². The highest BCUT2D eigenvalue weighted by Crippen LogP contribution is 2.18. The van der Waals surface area contributed by atoms with E-state index in [1.54, 1.807) is 0 Å². The van der Waals surface area contributed by atoms with E-state index in [1.807, 2.05) is 6.92 Å². The second kappa shape index (κ2) is 5.72. The SMILES string of the molecule is CC(CN)CC(=O)N(C)c1ccc(F)c(F)c1. The lowest BCUT2D eigenvalue weighted by Gasteiger charge is -2.19. The van der Waals surface area contributed by atoms with Crippen LogP contribution in [0.3, 0.4) is 0 Å². The van der Waals surface area contributed by atoms with E-state index < -0.39 is 11.6 Å². The van der Waals surface area contributed by atoms with Crippen LogP contribution in [-0.4, -0.2) is 19.5 Å². The first kappa shape index (κ1) is 13.6. The minimum atomic E-state index is -0.964. The fourth-order valence-electron chi connectivity index (χ4n) is 1.36. The van der Waals surface area contributed by atoms with Gasteiger partial charge in [0.05, 0.1) is 0 Å². The third-order valence-corrected chi connectivity index (χ3v) is 2.59. The summed E-state index contributed by atoms with van der Waals surface area (Å²) >= 11 is 0. The van der Waals surface area contributed by atoms with Crippen molar-refractivity contribution in [1.29, 1.82) is 0 Å². The molecule has 0 fully saturated rings. The molecule has 1 rings (SSSR count). The van der Waals surface area contributed by atoms with Crippen LogP contribution in [0.15, 0.2) is 18.2 Å². The number of carbonyl (C=O) groups is 1. The van der Waals surface area contributed by atoms with Crippen molar-refractivity contribution in [3.63, 3.8) is 0 Å². The van der Waals surface area contributed by atoms with Gasteiger partial charge < -0.3 is 10.6 Å². The lowest BCUT2D eigenvalue weighted by atomic mass is 10.1. The number of nitrogens with zero attached hydrogens (tertiary/aromatic N) is 1. The average molecular weight is 242 g/mol. The fraction of sp³-hybridized carbons (Fsp3) is 0.417. The number of carbonyl (C=O) groups excluding carboxylic acids is 1. The lowest BCUT2D eigenvalue weighted by molar-refractivity contribution is -0.119. The number of rotatable bonds is 4. The molecule has 0 aliphatic heterocycles. The van der Waals surface area contributed by atoms with Crippen molar-refractivity contribution in [2.75, 3.05) is 18.5 Å². The number of benzene rings is 1. The van der Waals surface area contributed by atoms with Crippen molar-refractivity contribution in [2.45, 2.75) is 13.3 Å². The molecule has 0 aliphatic carbocycles. The molecule has 0 aromatic heterocycles. The van der Waals surface area contributed by atoms with Crippen molar-refractivity contribution in [3.05, 3.63) is 29.8 Å². The summed E-state index contributed by atoms with van der Waals surface area (Å²) < 4.78 is 25.7. The zero-order valence-corrected chi connectivity index (χ0v) is 9.91. The van der Waals surface area contributed by atoms with Gasteiger partial charge in [0.1, 0.15) is 0 Å². The molecule has 0 spiro atoms. The minimum Gasteiger partial charge on any atom is -0.330 e. The number of anilines is 1. The number of hydrogen-bond donors (Lipinski definition) is 1. The standard InChI is InChI=1S/C12H16F2N2O/c1-8(7-15)5-12(17)16(2)9-3-4-10(13)11(14)6-9/h3-4,6,8H,5,7,15H2,1-2H3. The molecule has 0 aliphatic rings. The van der Waals surface area contributed by atoms with Gasteiger partial charge in [0, 0.05) is 25.2 Å². The second-order valence-corrected chi connectivity index (χ2v) is 4.10. The Morgan fingerprint density at radius 3 is 2.59 bits per heavy atom. The fourth-order valence-corrected chi connectivity index (χ4v) is 1.36. The van der Waals surface area contributed by atoms with Crippen molar-refractivity contribution < 1.29 is 13.6 Å². The molecule has 1 aromatic carbocycles. The molecule has 1 unspecified atom stereocenters. The normalized spacial score (nSPS) is 12.3. The first-order valence-electron chi connectivity index (χ1n) is 5.37. The molecule has 0 saturated carbocycles. The molecule has 1 aromatic rings. The summed E-state index contributed by atoms with van der Waals surface area (Å²) in [6.45, 7) is 2.27. The Balaban J connectivity index is 2.78. The van der Waals surface area contributed by atoms with Crippen LogP contribution >= 0.6 is 0 Å². The Bertz CT molecular complexity index is 409. The van der Waals surface area contributed by atoms with Crippen molar-refractivity contribution in [3.8, 4) is 0 Å². The predicted molar refractivity (Wildman–Crippen MR) is 62.6 cm³/mol. The van der Waals surface area contributed by atoms with Crippen LogP contribution in [-0.2, 0) is 4.79 Å².